The summed E-state index contributed by atoms with van der Waals surface area (Å²) in [7, 11) is 1.15. The number of aromatic nitrogens is 2. The van der Waals surface area contributed by atoms with E-state index in [1.165, 1.54) is 54.2 Å². The Morgan fingerprint density at radius 3 is 1.51 bits per heavy atom. The van der Waals surface area contributed by atoms with Crippen LogP contribution in [-0.2, 0) is 49.8 Å². The quantitative estimate of drug-likeness (QED) is 0.0360. The molecule has 0 radical (unpaired) electrons. The number of amides is 2. The third kappa shape index (κ3) is 12.6. The maximum absolute atomic E-state index is 13.7. The van der Waals surface area contributed by atoms with Crippen molar-refractivity contribution in [2.24, 2.45) is 11.8 Å². The molecule has 2 aromatic heterocycles. The molecule has 0 aliphatic carbocycles. The summed E-state index contributed by atoms with van der Waals surface area (Å²) in [4.78, 5) is 98.7. The van der Waals surface area contributed by atoms with E-state index in [2.05, 4.69) is 10.6 Å². The van der Waals surface area contributed by atoms with Gasteiger partial charge in [0.25, 0.3) is 11.1 Å². The molecule has 6 aromatic rings. The number of pyridine rings is 2. The largest absolute Gasteiger partial charge is 0.493 e. The van der Waals surface area contributed by atoms with Gasteiger partial charge in [0.1, 0.15) is 24.7 Å². The lowest BCUT2D eigenvalue weighted by molar-refractivity contribution is -0.146. The predicted octanol–water partition coefficient (Wildman–Crippen LogP) is 6.58. The zero-order valence-electron chi connectivity index (χ0n) is 38.8. The number of Topliss-reactive ketones (excluding diaryl/α,β-unsaturated/α-hetero) is 2. The summed E-state index contributed by atoms with van der Waals surface area (Å²) in [6.45, 7) is 0.422. The molecule has 0 unspecified atom stereocenters. The van der Waals surface area contributed by atoms with Crippen LogP contribution in [-0.4, -0.2) is 69.9 Å². The van der Waals surface area contributed by atoms with Gasteiger partial charge < -0.3 is 39.1 Å². The van der Waals surface area contributed by atoms with E-state index in [1.54, 1.807) is 36.4 Å². The van der Waals surface area contributed by atoms with Gasteiger partial charge in [-0.15, -0.1) is 0 Å². The van der Waals surface area contributed by atoms with E-state index in [9.17, 15) is 65.4 Å². The van der Waals surface area contributed by atoms with Crippen LogP contribution in [0.5, 0.6) is 11.5 Å². The van der Waals surface area contributed by atoms with Crippen molar-refractivity contribution in [1.82, 2.24) is 9.13 Å². The summed E-state index contributed by atoms with van der Waals surface area (Å²) in [6.07, 6.45) is 2.33. The lowest BCUT2D eigenvalue weighted by Crippen LogP contribution is -2.30. The SMILES string of the molecule is COC(=O)[C@H](COc1ccc2c(c1)NC(=O)C2)CC(=O)c1cccn(Cc2cc(F)c(F)c(F)c2)c1=O.Cc1cc(Cn2cccc(C(=O)C[C@@H](COc3ccc4c(c3)NC(=O)C4)C(=O)O)c2=O)cc(F)c1F. The Morgan fingerprint density at radius 1 is 0.616 bits per heavy atom. The molecular weight excluding hydrogens is 968 g/mol. The standard InChI is InChI=1S/C26H21F3N2O6.C26H22F2N2O6/c1-36-26(35)16(13-37-17-5-4-15-10-23(33)30-21(15)11-17)9-22(32)18-3-2-6-31(25(18)34)12-14-7-19(27)24(29)20(28)8-14;1-14-7-15(8-20(27)24(14)28)12-30-6-2-3-19(25(30)33)22(31)9-17(26(34)35)13-36-18-5-4-16-10-23(32)29-21(16)11-18/h2-8,11,16H,9-10,12-13H2,1H3,(H,30,33);2-8,11,17H,9-10,12-13H2,1H3,(H,29,32)(H,34,35)/t16-;17-/m00/s1. The number of ether oxygens (including phenoxy) is 3. The first-order valence-electron chi connectivity index (χ1n) is 22.2. The highest BCUT2D eigenvalue weighted by molar-refractivity contribution is 6.00. The Balaban J connectivity index is 0.000000214. The van der Waals surface area contributed by atoms with Gasteiger partial charge in [0.15, 0.2) is 40.7 Å². The number of carbonyl (C=O) groups is 6. The highest BCUT2D eigenvalue weighted by Crippen LogP contribution is 2.30. The van der Waals surface area contributed by atoms with E-state index in [-0.39, 0.29) is 73.2 Å². The molecule has 3 N–H and O–H groups in total. The number of carbonyl (C=O) groups excluding carboxylic acids is 5. The van der Waals surface area contributed by atoms with Crippen molar-refractivity contribution in [3.8, 4) is 11.5 Å². The number of hydrogen-bond acceptors (Lipinski definition) is 11. The van der Waals surface area contributed by atoms with Gasteiger partial charge in [0.05, 0.1) is 56.0 Å². The number of fused-ring (bicyclic) bond motifs is 2. The summed E-state index contributed by atoms with van der Waals surface area (Å²) in [6, 6.07) is 19.1. The Hall–Kier alpha value is -8.75. The number of nitrogens with one attached hydrogen (secondary N) is 2. The van der Waals surface area contributed by atoms with Crippen LogP contribution in [0.4, 0.5) is 33.3 Å². The minimum absolute atomic E-state index is 0.0190. The minimum atomic E-state index is -1.62. The summed E-state index contributed by atoms with van der Waals surface area (Å²) in [5.74, 6) is -11.7. The van der Waals surface area contributed by atoms with Gasteiger partial charge in [0, 0.05) is 48.7 Å². The molecule has 2 aliphatic heterocycles. The third-order valence-corrected chi connectivity index (χ3v) is 11.7. The molecule has 0 fully saturated rings. The van der Waals surface area contributed by atoms with Crippen molar-refractivity contribution in [1.29, 1.82) is 0 Å². The van der Waals surface area contributed by atoms with Crippen LogP contribution in [0.3, 0.4) is 0 Å². The van der Waals surface area contributed by atoms with Gasteiger partial charge >= 0.3 is 11.9 Å². The number of benzene rings is 4. The van der Waals surface area contributed by atoms with Crippen molar-refractivity contribution >= 4 is 46.7 Å². The van der Waals surface area contributed by atoms with Gasteiger partial charge in [-0.25, -0.2) is 22.0 Å². The van der Waals surface area contributed by atoms with Crippen LogP contribution in [0, 0.1) is 47.8 Å². The number of carboxylic acid groups (broad SMARTS) is 1. The minimum Gasteiger partial charge on any atom is -0.493 e. The molecule has 2 atom stereocenters. The number of nitrogens with zero attached hydrogens (tertiary/aromatic N) is 2. The molecule has 0 saturated heterocycles. The summed E-state index contributed by atoms with van der Waals surface area (Å²) >= 11 is 0. The van der Waals surface area contributed by atoms with Gasteiger partial charge in [-0.05, 0) is 89.3 Å². The fourth-order valence-corrected chi connectivity index (χ4v) is 7.95. The topological polar surface area (TPSA) is 218 Å². The summed E-state index contributed by atoms with van der Waals surface area (Å²) < 4.78 is 85.9. The van der Waals surface area contributed by atoms with Crippen molar-refractivity contribution < 1.29 is 70.0 Å². The summed E-state index contributed by atoms with van der Waals surface area (Å²) in [5, 5.41) is 15.0. The molecule has 0 spiro atoms. The molecular formula is C52H43F5N4O12. The fourth-order valence-electron chi connectivity index (χ4n) is 7.95. The maximum atomic E-state index is 13.7. The van der Waals surface area contributed by atoms with E-state index in [1.807, 2.05) is 0 Å². The second-order valence-electron chi connectivity index (χ2n) is 17.0. The number of anilines is 2. The first-order valence-corrected chi connectivity index (χ1v) is 22.2. The number of esters is 1. The first-order chi connectivity index (χ1) is 34.8. The van der Waals surface area contributed by atoms with Crippen molar-refractivity contribution in [3.63, 3.8) is 0 Å². The zero-order chi connectivity index (χ0) is 52.7. The van der Waals surface area contributed by atoms with Gasteiger partial charge in [-0.2, -0.15) is 0 Å². The van der Waals surface area contributed by atoms with E-state index in [0.717, 1.165) is 41.0 Å². The number of methoxy groups -OCH3 is 1. The van der Waals surface area contributed by atoms with Crippen molar-refractivity contribution in [3.05, 3.63) is 186 Å². The Morgan fingerprint density at radius 2 is 1.05 bits per heavy atom. The van der Waals surface area contributed by atoms with Crippen LogP contribution in [0.15, 0.2) is 107 Å². The van der Waals surface area contributed by atoms with Crippen LogP contribution in [0.25, 0.3) is 0 Å². The Bertz CT molecular complexity index is 3270. The number of rotatable bonds is 18. The monoisotopic (exact) mass is 1010 g/mol. The average Bonchev–Trinajstić information content (AvgIpc) is 3.93. The summed E-state index contributed by atoms with van der Waals surface area (Å²) in [5.41, 5.74) is 1.29. The predicted molar refractivity (Wildman–Crippen MR) is 250 cm³/mol. The lowest BCUT2D eigenvalue weighted by atomic mass is 9.99. The van der Waals surface area contributed by atoms with E-state index in [0.29, 0.717) is 28.4 Å². The maximum Gasteiger partial charge on any atom is 0.312 e. The molecule has 0 saturated carbocycles. The molecule has 2 amide bonds. The number of carboxylic acids is 1. The number of hydrogen-bond donors (Lipinski definition) is 3. The van der Waals surface area contributed by atoms with Crippen LogP contribution >= 0.6 is 0 Å². The second-order valence-corrected chi connectivity index (χ2v) is 17.0. The molecule has 8 rings (SSSR count). The number of aryl methyl sites for hydroxylation is 1. The molecule has 4 aromatic carbocycles. The number of halogens is 5. The molecule has 21 heteroatoms. The average molecular weight is 1010 g/mol. The highest BCUT2D eigenvalue weighted by atomic mass is 19.2. The second kappa shape index (κ2) is 22.6. The molecule has 2 aliphatic rings. The normalized spacial score (nSPS) is 13.1. The van der Waals surface area contributed by atoms with E-state index < -0.39 is 88.4 Å². The number of aliphatic carboxylic acids is 1. The number of ketones is 2. The fraction of sp³-hybridized carbons (Fsp3) is 0.231. The Kier molecular flexibility index (Phi) is 16.1. The molecule has 378 valence electrons. The van der Waals surface area contributed by atoms with Gasteiger partial charge in [0.2, 0.25) is 11.8 Å². The van der Waals surface area contributed by atoms with Crippen molar-refractivity contribution in [2.45, 2.75) is 45.7 Å². The Labute approximate surface area is 410 Å². The molecule has 16 nitrogen and oxygen atoms in total. The first kappa shape index (κ1) is 52.1. The van der Waals surface area contributed by atoms with Crippen LogP contribution < -0.4 is 31.2 Å². The molecule has 73 heavy (non-hydrogen) atoms. The zero-order valence-corrected chi connectivity index (χ0v) is 38.8. The molecule has 0 bridgehead atoms. The van der Waals surface area contributed by atoms with Gasteiger partial charge in [-0.1, -0.05) is 18.2 Å². The third-order valence-electron chi connectivity index (χ3n) is 11.7. The van der Waals surface area contributed by atoms with E-state index >= 15 is 0 Å². The highest BCUT2D eigenvalue weighted by Gasteiger charge is 2.28. The van der Waals surface area contributed by atoms with E-state index in [4.69, 9.17) is 14.2 Å². The lowest BCUT2D eigenvalue weighted by Gasteiger charge is -2.16. The smallest absolute Gasteiger partial charge is 0.312 e. The van der Waals surface area contributed by atoms with Crippen molar-refractivity contribution in [2.75, 3.05) is 31.0 Å². The molecule has 4 heterocycles. The van der Waals surface area contributed by atoms with Crippen LogP contribution in [0.2, 0.25) is 0 Å². The van der Waals surface area contributed by atoms with Gasteiger partial charge in [-0.3, -0.25) is 38.4 Å². The van der Waals surface area contributed by atoms with Crippen LogP contribution in [0.1, 0.15) is 61.4 Å².